The summed E-state index contributed by atoms with van der Waals surface area (Å²) < 4.78 is 5.09. The summed E-state index contributed by atoms with van der Waals surface area (Å²) in [6, 6.07) is 8.07. The Morgan fingerprint density at radius 1 is 1.00 bits per heavy atom. The molecule has 0 saturated carbocycles. The Bertz CT molecular complexity index is 1220. The van der Waals surface area contributed by atoms with Gasteiger partial charge < -0.3 is 20.2 Å². The summed E-state index contributed by atoms with van der Waals surface area (Å²) in [6.07, 6.45) is 12.8. The molecule has 180 valence electrons. The molecule has 0 atom stereocenters. The highest BCUT2D eigenvalue weighted by Crippen LogP contribution is 2.31. The van der Waals surface area contributed by atoms with Crippen LogP contribution in [0.4, 0.5) is 0 Å². The lowest BCUT2D eigenvalue weighted by molar-refractivity contribution is -0.136. The summed E-state index contributed by atoms with van der Waals surface area (Å²) in [6.45, 7) is 3.42. The third-order valence-corrected chi connectivity index (χ3v) is 6.40. The van der Waals surface area contributed by atoms with Crippen molar-refractivity contribution in [2.24, 2.45) is 10.1 Å². The molecule has 3 N–H and O–H groups in total. The van der Waals surface area contributed by atoms with Gasteiger partial charge in [-0.15, -0.1) is 10.7 Å². The van der Waals surface area contributed by atoms with Crippen LogP contribution in [0, 0.1) is 0 Å². The lowest BCUT2D eigenvalue weighted by Gasteiger charge is -2.18. The molecule has 35 heavy (non-hydrogen) atoms. The number of rotatable bonds is 5. The zero-order valence-electron chi connectivity index (χ0n) is 19.8. The molecule has 5 rings (SSSR count). The van der Waals surface area contributed by atoms with Crippen molar-refractivity contribution < 1.29 is 14.4 Å². The van der Waals surface area contributed by atoms with Gasteiger partial charge in [-0.25, -0.2) is 4.79 Å². The van der Waals surface area contributed by atoms with Gasteiger partial charge in [0.05, 0.1) is 7.11 Å². The molecule has 0 radical (unpaired) electrons. The zero-order chi connectivity index (χ0) is 24.0. The van der Waals surface area contributed by atoms with Gasteiger partial charge in [-0.3, -0.25) is 0 Å². The maximum Gasteiger partial charge on any atom is 0.334 e. The number of hydrazone groups is 1. The van der Waals surface area contributed by atoms with Crippen LogP contribution in [0.3, 0.4) is 0 Å². The fourth-order valence-electron chi connectivity index (χ4n) is 4.51. The second-order valence-corrected chi connectivity index (χ2v) is 8.58. The van der Waals surface area contributed by atoms with Crippen LogP contribution >= 0.6 is 0 Å². The van der Waals surface area contributed by atoms with E-state index in [1.165, 1.54) is 12.7 Å². The number of carbonyl (C=O) groups excluding carboxylic acids is 1. The molecule has 4 aliphatic rings. The second kappa shape index (κ2) is 10.7. The molecule has 3 heterocycles. The number of hydrogen-bond donors (Lipinski definition) is 3. The van der Waals surface area contributed by atoms with E-state index in [2.05, 4.69) is 50.6 Å². The minimum atomic E-state index is -0.279. The number of benzene rings is 1. The molecule has 1 aromatic carbocycles. The van der Waals surface area contributed by atoms with Gasteiger partial charge in [0.25, 0.3) is 5.90 Å². The maximum atomic E-state index is 12.5. The fourth-order valence-corrected chi connectivity index (χ4v) is 4.51. The standard InChI is InChI=1S/C27H29N5O3/c1-34-27(33)23-4-2-3-22(17-24(23)19-9-13-28-14-10-19)18-5-7-21(8-6-18)26-30-25(31-32-35-26)20-11-15-29-16-12-20/h2-3,5-9,11,17,28-29,32H,4,10,12-16H2,1H3. The smallest absolute Gasteiger partial charge is 0.334 e. The predicted octanol–water partition coefficient (Wildman–Crippen LogP) is 2.93. The molecular formula is C27H29N5O3. The van der Waals surface area contributed by atoms with Crippen LogP contribution in [-0.2, 0) is 14.4 Å². The van der Waals surface area contributed by atoms with Crippen LogP contribution < -0.4 is 16.2 Å². The number of nitrogens with zero attached hydrogens (tertiary/aromatic N) is 2. The van der Waals surface area contributed by atoms with Gasteiger partial charge in [-0.2, -0.15) is 4.99 Å². The SMILES string of the molecule is COC(=O)C1=C(C2=CCNCC2)C=C(c2ccc(C3=NC(C4=CCNCC4)=NNO3)cc2)C=CC1. The molecule has 0 bridgehead atoms. The Labute approximate surface area is 204 Å². The molecule has 0 aromatic heterocycles. The van der Waals surface area contributed by atoms with Crippen molar-refractivity contribution in [2.75, 3.05) is 33.3 Å². The van der Waals surface area contributed by atoms with E-state index in [-0.39, 0.29) is 5.97 Å². The average Bonchev–Trinajstić information content (AvgIpc) is 3.17. The molecule has 0 unspecified atom stereocenters. The summed E-state index contributed by atoms with van der Waals surface area (Å²) in [5.41, 5.74) is 9.52. The van der Waals surface area contributed by atoms with Gasteiger partial charge in [-0.1, -0.05) is 36.4 Å². The highest BCUT2D eigenvalue weighted by atomic mass is 16.7. The Morgan fingerprint density at radius 3 is 2.40 bits per heavy atom. The van der Waals surface area contributed by atoms with E-state index >= 15 is 0 Å². The second-order valence-electron chi connectivity index (χ2n) is 8.58. The number of methoxy groups -OCH3 is 1. The van der Waals surface area contributed by atoms with Gasteiger partial charge in [0, 0.05) is 24.2 Å². The minimum Gasteiger partial charge on any atom is -0.466 e. The van der Waals surface area contributed by atoms with Gasteiger partial charge in [0.2, 0.25) is 0 Å². The number of carbonyl (C=O) groups is 1. The zero-order valence-corrected chi connectivity index (χ0v) is 19.8. The highest BCUT2D eigenvalue weighted by Gasteiger charge is 2.21. The van der Waals surface area contributed by atoms with Gasteiger partial charge in [0.1, 0.15) is 0 Å². The first-order chi connectivity index (χ1) is 17.2. The van der Waals surface area contributed by atoms with E-state index in [1.54, 1.807) is 0 Å². The van der Waals surface area contributed by atoms with Crippen LogP contribution in [0.1, 0.15) is 30.4 Å². The first kappa shape index (κ1) is 23.0. The summed E-state index contributed by atoms with van der Waals surface area (Å²) in [5.74, 6) is 0.865. The lowest BCUT2D eigenvalue weighted by Crippen LogP contribution is -2.28. The summed E-state index contributed by atoms with van der Waals surface area (Å²) in [5, 5.41) is 10.8. The van der Waals surface area contributed by atoms with Crippen molar-refractivity contribution in [3.63, 3.8) is 0 Å². The molecule has 8 heteroatoms. The Balaban J connectivity index is 1.44. The Morgan fingerprint density at radius 2 is 1.71 bits per heavy atom. The van der Waals surface area contributed by atoms with Crippen molar-refractivity contribution in [2.45, 2.75) is 19.3 Å². The predicted molar refractivity (Wildman–Crippen MR) is 137 cm³/mol. The number of amidine groups is 1. The number of allylic oxidation sites excluding steroid dienone is 5. The van der Waals surface area contributed by atoms with Gasteiger partial charge >= 0.3 is 5.97 Å². The molecule has 1 aromatic rings. The largest absolute Gasteiger partial charge is 0.466 e. The molecule has 8 nitrogen and oxygen atoms in total. The van der Waals surface area contributed by atoms with E-state index in [9.17, 15) is 4.79 Å². The van der Waals surface area contributed by atoms with Crippen molar-refractivity contribution >= 4 is 23.3 Å². The normalized spacial score (nSPS) is 20.3. The van der Waals surface area contributed by atoms with Gasteiger partial charge in [0.15, 0.2) is 5.84 Å². The molecule has 3 aliphatic heterocycles. The topological polar surface area (TPSA) is 96.3 Å². The van der Waals surface area contributed by atoms with Crippen molar-refractivity contribution in [3.8, 4) is 0 Å². The number of aliphatic imine (C=N–C) groups is 1. The summed E-state index contributed by atoms with van der Waals surface area (Å²) in [7, 11) is 1.43. The lowest BCUT2D eigenvalue weighted by atomic mass is 9.92. The molecule has 1 aliphatic carbocycles. The van der Waals surface area contributed by atoms with Crippen LogP contribution in [0.25, 0.3) is 5.57 Å². The third kappa shape index (κ3) is 5.18. The average molecular weight is 472 g/mol. The van der Waals surface area contributed by atoms with Crippen LogP contribution in [0.2, 0.25) is 0 Å². The minimum absolute atomic E-state index is 0.279. The van der Waals surface area contributed by atoms with E-state index < -0.39 is 0 Å². The van der Waals surface area contributed by atoms with E-state index in [1.807, 2.05) is 30.3 Å². The molecule has 0 amide bonds. The summed E-state index contributed by atoms with van der Waals surface area (Å²) >= 11 is 0. The molecular weight excluding hydrogens is 442 g/mol. The maximum absolute atomic E-state index is 12.5. The molecule has 0 saturated heterocycles. The van der Waals surface area contributed by atoms with Gasteiger partial charge in [-0.05, 0) is 78.4 Å². The quantitative estimate of drug-likeness (QED) is 0.572. The van der Waals surface area contributed by atoms with Crippen molar-refractivity contribution in [1.29, 1.82) is 0 Å². The number of hydrogen-bond acceptors (Lipinski definition) is 8. The monoisotopic (exact) mass is 471 g/mol. The molecule has 0 fully saturated rings. The van der Waals surface area contributed by atoms with Crippen LogP contribution in [-0.4, -0.2) is 51.0 Å². The van der Waals surface area contributed by atoms with Crippen LogP contribution in [0.15, 0.2) is 87.0 Å². The van der Waals surface area contributed by atoms with Crippen LogP contribution in [0.5, 0.6) is 0 Å². The first-order valence-corrected chi connectivity index (χ1v) is 11.9. The van der Waals surface area contributed by atoms with E-state index in [4.69, 9.17) is 9.57 Å². The Kier molecular flexibility index (Phi) is 7.02. The van der Waals surface area contributed by atoms with E-state index in [0.717, 1.165) is 66.9 Å². The third-order valence-electron chi connectivity index (χ3n) is 6.40. The summed E-state index contributed by atoms with van der Waals surface area (Å²) in [4.78, 5) is 22.7. The molecule has 0 spiro atoms. The number of nitrogens with one attached hydrogen (secondary N) is 3. The van der Waals surface area contributed by atoms with Crippen molar-refractivity contribution in [1.82, 2.24) is 16.2 Å². The number of esters is 1. The Hall–Kier alpha value is -3.75. The number of ether oxygens (including phenoxy) is 1. The van der Waals surface area contributed by atoms with E-state index in [0.29, 0.717) is 23.7 Å². The van der Waals surface area contributed by atoms with Crippen molar-refractivity contribution in [3.05, 3.63) is 88.1 Å². The fraction of sp³-hybridized carbons (Fsp3) is 0.296. The first-order valence-electron chi connectivity index (χ1n) is 11.9. The highest BCUT2D eigenvalue weighted by molar-refractivity contribution is 6.10.